The molecule has 0 spiro atoms. The van der Waals surface area contributed by atoms with Crippen molar-refractivity contribution in [1.82, 2.24) is 4.90 Å². The SMILES string of the molecule is CC(=O)Nc1ccc(C=C2SC(=O)N(Cc3ccc(C(C)(C)C)cc3)C2=O)cc1. The van der Waals surface area contributed by atoms with Crippen molar-refractivity contribution in [2.45, 2.75) is 39.7 Å². The minimum Gasteiger partial charge on any atom is -0.326 e. The zero-order valence-corrected chi connectivity index (χ0v) is 17.8. The average Bonchev–Trinajstić information content (AvgIpc) is 2.90. The topological polar surface area (TPSA) is 66.5 Å². The Balaban J connectivity index is 1.72. The van der Waals surface area contributed by atoms with Crippen LogP contribution in [0.15, 0.2) is 53.4 Å². The molecule has 2 aromatic carbocycles. The van der Waals surface area contributed by atoms with Crippen molar-refractivity contribution in [2.75, 3.05) is 5.32 Å². The Labute approximate surface area is 175 Å². The quantitative estimate of drug-likeness (QED) is 0.708. The number of hydrogen-bond acceptors (Lipinski definition) is 4. The summed E-state index contributed by atoms with van der Waals surface area (Å²) in [5.74, 6) is -0.430. The molecule has 0 aromatic heterocycles. The standard InChI is InChI=1S/C23H24N2O3S/c1-15(26)24-19-11-7-16(8-12-19)13-20-21(27)25(22(28)29-20)14-17-5-9-18(10-6-17)23(2,3)4/h5-13H,14H2,1-4H3,(H,24,26). The van der Waals surface area contributed by atoms with Crippen molar-refractivity contribution >= 4 is 40.6 Å². The Morgan fingerprint density at radius 1 is 1.03 bits per heavy atom. The fourth-order valence-electron chi connectivity index (χ4n) is 2.95. The smallest absolute Gasteiger partial charge is 0.293 e. The van der Waals surface area contributed by atoms with E-state index < -0.39 is 0 Å². The van der Waals surface area contributed by atoms with Crippen LogP contribution >= 0.6 is 11.8 Å². The van der Waals surface area contributed by atoms with Gasteiger partial charge in [-0.05, 0) is 52.1 Å². The Morgan fingerprint density at radius 3 is 2.21 bits per heavy atom. The summed E-state index contributed by atoms with van der Waals surface area (Å²) in [6, 6.07) is 15.1. The first kappa shape index (κ1) is 20.9. The molecule has 1 saturated heterocycles. The second-order valence-corrected chi connectivity index (χ2v) is 9.01. The van der Waals surface area contributed by atoms with Crippen LogP contribution in [-0.4, -0.2) is 22.0 Å². The molecule has 0 bridgehead atoms. The van der Waals surface area contributed by atoms with Crippen LogP contribution in [0.2, 0.25) is 0 Å². The number of amides is 3. The highest BCUT2D eigenvalue weighted by Crippen LogP contribution is 2.33. The molecule has 5 nitrogen and oxygen atoms in total. The van der Waals surface area contributed by atoms with Crippen LogP contribution in [0.1, 0.15) is 44.4 Å². The minimum atomic E-state index is -0.286. The van der Waals surface area contributed by atoms with Crippen LogP contribution in [0.25, 0.3) is 6.08 Å². The first-order chi connectivity index (χ1) is 13.6. The normalized spacial score (nSPS) is 15.9. The maximum absolute atomic E-state index is 12.7. The van der Waals surface area contributed by atoms with Gasteiger partial charge in [0.05, 0.1) is 11.4 Å². The van der Waals surface area contributed by atoms with E-state index in [1.807, 2.05) is 24.3 Å². The van der Waals surface area contributed by atoms with Gasteiger partial charge in [-0.15, -0.1) is 0 Å². The Hall–Kier alpha value is -2.86. The summed E-state index contributed by atoms with van der Waals surface area (Å²) in [5.41, 5.74) is 3.65. The fraction of sp³-hybridized carbons (Fsp3) is 0.261. The predicted molar refractivity (Wildman–Crippen MR) is 117 cm³/mol. The minimum absolute atomic E-state index is 0.0546. The van der Waals surface area contributed by atoms with Crippen LogP contribution in [0.3, 0.4) is 0 Å². The van der Waals surface area contributed by atoms with Crippen LogP contribution in [-0.2, 0) is 21.5 Å². The number of rotatable bonds is 4. The summed E-state index contributed by atoms with van der Waals surface area (Å²) in [7, 11) is 0. The summed E-state index contributed by atoms with van der Waals surface area (Å²) >= 11 is 0.947. The molecular weight excluding hydrogens is 384 g/mol. The van der Waals surface area contributed by atoms with E-state index in [-0.39, 0.29) is 29.0 Å². The highest BCUT2D eigenvalue weighted by Gasteiger charge is 2.35. The van der Waals surface area contributed by atoms with E-state index in [1.54, 1.807) is 30.3 Å². The molecule has 3 rings (SSSR count). The highest BCUT2D eigenvalue weighted by molar-refractivity contribution is 8.18. The summed E-state index contributed by atoms with van der Waals surface area (Å²) < 4.78 is 0. The Bertz CT molecular complexity index is 971. The number of benzene rings is 2. The molecule has 0 saturated carbocycles. The van der Waals surface area contributed by atoms with Crippen molar-refractivity contribution in [3.63, 3.8) is 0 Å². The van der Waals surface area contributed by atoms with Gasteiger partial charge in [-0.25, -0.2) is 0 Å². The maximum atomic E-state index is 12.7. The van der Waals surface area contributed by atoms with Crippen LogP contribution in [0, 0.1) is 0 Å². The van der Waals surface area contributed by atoms with Crippen LogP contribution < -0.4 is 5.32 Å². The third-order valence-corrected chi connectivity index (χ3v) is 5.47. The van der Waals surface area contributed by atoms with Crippen molar-refractivity contribution in [1.29, 1.82) is 0 Å². The number of anilines is 1. The van der Waals surface area contributed by atoms with Crippen molar-refractivity contribution < 1.29 is 14.4 Å². The van der Waals surface area contributed by atoms with Gasteiger partial charge in [-0.2, -0.15) is 0 Å². The molecule has 1 fully saturated rings. The van der Waals surface area contributed by atoms with E-state index in [0.717, 1.165) is 22.9 Å². The number of imide groups is 1. The molecule has 1 aliphatic rings. The van der Waals surface area contributed by atoms with Gasteiger partial charge in [0.25, 0.3) is 11.1 Å². The Kier molecular flexibility index (Phi) is 5.94. The number of nitrogens with zero attached hydrogens (tertiary/aromatic N) is 1. The molecular formula is C23H24N2O3S. The second kappa shape index (κ2) is 8.25. The molecule has 0 aliphatic carbocycles. The van der Waals surface area contributed by atoms with Crippen LogP contribution in [0.5, 0.6) is 0 Å². The molecule has 150 valence electrons. The second-order valence-electron chi connectivity index (χ2n) is 8.02. The lowest BCUT2D eigenvalue weighted by molar-refractivity contribution is -0.123. The zero-order valence-electron chi connectivity index (χ0n) is 17.0. The van der Waals surface area contributed by atoms with E-state index >= 15 is 0 Å². The fourth-order valence-corrected chi connectivity index (χ4v) is 3.78. The number of thioether (sulfide) groups is 1. The number of nitrogens with one attached hydrogen (secondary N) is 1. The lowest BCUT2D eigenvalue weighted by atomic mass is 9.87. The molecule has 1 N–H and O–H groups in total. The number of carbonyl (C=O) groups excluding carboxylic acids is 3. The summed E-state index contributed by atoms with van der Waals surface area (Å²) in [5, 5.41) is 2.43. The van der Waals surface area contributed by atoms with Gasteiger partial charge in [0.2, 0.25) is 5.91 Å². The van der Waals surface area contributed by atoms with Gasteiger partial charge < -0.3 is 5.32 Å². The molecule has 2 aromatic rings. The first-order valence-electron chi connectivity index (χ1n) is 9.36. The average molecular weight is 409 g/mol. The maximum Gasteiger partial charge on any atom is 0.293 e. The molecule has 0 radical (unpaired) electrons. The van der Waals surface area contributed by atoms with E-state index in [1.165, 1.54) is 17.4 Å². The van der Waals surface area contributed by atoms with Gasteiger partial charge in [0.15, 0.2) is 0 Å². The highest BCUT2D eigenvalue weighted by atomic mass is 32.2. The molecule has 3 amide bonds. The summed E-state index contributed by atoms with van der Waals surface area (Å²) in [6.07, 6.45) is 1.70. The van der Waals surface area contributed by atoms with Gasteiger partial charge in [0.1, 0.15) is 0 Å². The van der Waals surface area contributed by atoms with E-state index in [4.69, 9.17) is 0 Å². The van der Waals surface area contributed by atoms with Gasteiger partial charge in [-0.1, -0.05) is 57.2 Å². The third kappa shape index (κ3) is 5.15. The number of hydrogen-bond donors (Lipinski definition) is 1. The molecule has 6 heteroatoms. The largest absolute Gasteiger partial charge is 0.326 e. The third-order valence-electron chi connectivity index (χ3n) is 4.56. The van der Waals surface area contributed by atoms with Gasteiger partial charge in [0, 0.05) is 12.6 Å². The molecule has 1 aliphatic heterocycles. The van der Waals surface area contributed by atoms with Gasteiger partial charge in [-0.3, -0.25) is 19.3 Å². The molecule has 1 heterocycles. The van der Waals surface area contributed by atoms with E-state index in [2.05, 4.69) is 26.1 Å². The van der Waals surface area contributed by atoms with E-state index in [9.17, 15) is 14.4 Å². The first-order valence-corrected chi connectivity index (χ1v) is 10.2. The summed E-state index contributed by atoms with van der Waals surface area (Å²) in [6.45, 7) is 8.14. The van der Waals surface area contributed by atoms with Crippen molar-refractivity contribution in [2.24, 2.45) is 0 Å². The lowest BCUT2D eigenvalue weighted by Crippen LogP contribution is -2.27. The molecule has 29 heavy (non-hydrogen) atoms. The molecule has 0 atom stereocenters. The monoisotopic (exact) mass is 408 g/mol. The van der Waals surface area contributed by atoms with Crippen molar-refractivity contribution in [3.05, 3.63) is 70.1 Å². The van der Waals surface area contributed by atoms with Crippen LogP contribution in [0.4, 0.5) is 10.5 Å². The number of carbonyl (C=O) groups is 3. The Morgan fingerprint density at radius 2 is 1.66 bits per heavy atom. The predicted octanol–water partition coefficient (Wildman–Crippen LogP) is 5.18. The zero-order chi connectivity index (χ0) is 21.2. The molecule has 0 unspecified atom stereocenters. The van der Waals surface area contributed by atoms with Crippen molar-refractivity contribution in [3.8, 4) is 0 Å². The van der Waals surface area contributed by atoms with E-state index in [0.29, 0.717) is 10.6 Å². The van der Waals surface area contributed by atoms with Gasteiger partial charge >= 0.3 is 0 Å². The summed E-state index contributed by atoms with van der Waals surface area (Å²) in [4.78, 5) is 37.9. The lowest BCUT2D eigenvalue weighted by Gasteiger charge is -2.20.